The van der Waals surface area contributed by atoms with E-state index in [1.54, 1.807) is 0 Å². The zero-order valence-corrected chi connectivity index (χ0v) is 12.6. The monoisotopic (exact) mass is 278 g/mol. The lowest BCUT2D eigenvalue weighted by atomic mass is 9.94. The van der Waals surface area contributed by atoms with Crippen LogP contribution in [0.2, 0.25) is 0 Å². The molecule has 21 heavy (non-hydrogen) atoms. The summed E-state index contributed by atoms with van der Waals surface area (Å²) in [6.45, 7) is 2.25. The Morgan fingerprint density at radius 1 is 0.905 bits per heavy atom. The van der Waals surface area contributed by atoms with Crippen molar-refractivity contribution >= 4 is 6.08 Å². The van der Waals surface area contributed by atoms with Gasteiger partial charge in [0.05, 0.1) is 0 Å². The zero-order valence-electron chi connectivity index (χ0n) is 12.6. The molecular weight excluding hydrogens is 256 g/mol. The summed E-state index contributed by atoms with van der Waals surface area (Å²) < 4.78 is 6.16. The maximum atomic E-state index is 6.16. The van der Waals surface area contributed by atoms with Crippen LogP contribution in [0.3, 0.4) is 0 Å². The lowest BCUT2D eigenvalue weighted by Crippen LogP contribution is -2.05. The standard InChI is InChI=1S/C20H22O/c1-2-3-5-14-19-18-13-9-8-10-16(18)15-20(19)21-17-11-6-4-7-12-17/h4,6-13,15,19H,2-3,5,14H2,1H3. The molecule has 0 heterocycles. The first-order valence-electron chi connectivity index (χ1n) is 7.92. The van der Waals surface area contributed by atoms with Gasteiger partial charge in [0.15, 0.2) is 0 Å². The van der Waals surface area contributed by atoms with Crippen LogP contribution in [0.5, 0.6) is 5.75 Å². The van der Waals surface area contributed by atoms with Crippen LogP contribution in [0, 0.1) is 0 Å². The number of hydrogen-bond acceptors (Lipinski definition) is 1. The van der Waals surface area contributed by atoms with Gasteiger partial charge in [-0.25, -0.2) is 0 Å². The summed E-state index contributed by atoms with van der Waals surface area (Å²) in [6.07, 6.45) is 7.18. The van der Waals surface area contributed by atoms with E-state index in [1.807, 2.05) is 30.3 Å². The second kappa shape index (κ2) is 6.62. The third-order valence-corrected chi connectivity index (χ3v) is 4.09. The number of unbranched alkanes of at least 4 members (excludes halogenated alkanes) is 2. The van der Waals surface area contributed by atoms with Crippen molar-refractivity contribution in [3.05, 3.63) is 71.5 Å². The van der Waals surface area contributed by atoms with E-state index in [0.29, 0.717) is 5.92 Å². The molecule has 2 aromatic rings. The van der Waals surface area contributed by atoms with E-state index in [9.17, 15) is 0 Å². The highest BCUT2D eigenvalue weighted by Crippen LogP contribution is 2.40. The summed E-state index contributed by atoms with van der Waals surface area (Å²) >= 11 is 0. The predicted octanol–water partition coefficient (Wildman–Crippen LogP) is 5.78. The quantitative estimate of drug-likeness (QED) is 0.608. The molecule has 0 bridgehead atoms. The SMILES string of the molecule is CCCCCC1C(Oc2ccccc2)=Cc2ccccc21. The molecule has 1 aliphatic rings. The first-order valence-corrected chi connectivity index (χ1v) is 7.92. The van der Waals surface area contributed by atoms with Crippen LogP contribution in [-0.2, 0) is 0 Å². The molecule has 108 valence electrons. The lowest BCUT2D eigenvalue weighted by molar-refractivity contribution is 0.381. The van der Waals surface area contributed by atoms with Crippen LogP contribution in [0.4, 0.5) is 0 Å². The molecule has 0 amide bonds. The van der Waals surface area contributed by atoms with Gasteiger partial charge in [0.1, 0.15) is 11.5 Å². The molecule has 0 spiro atoms. The van der Waals surface area contributed by atoms with Crippen LogP contribution in [0.25, 0.3) is 6.08 Å². The average Bonchev–Trinajstić information content (AvgIpc) is 2.86. The van der Waals surface area contributed by atoms with Crippen molar-refractivity contribution in [1.29, 1.82) is 0 Å². The maximum Gasteiger partial charge on any atom is 0.126 e. The molecule has 0 fully saturated rings. The van der Waals surface area contributed by atoms with Crippen molar-refractivity contribution in [2.45, 2.75) is 38.5 Å². The van der Waals surface area contributed by atoms with Crippen LogP contribution in [0.15, 0.2) is 60.4 Å². The van der Waals surface area contributed by atoms with Gasteiger partial charge in [-0.3, -0.25) is 0 Å². The molecule has 2 aromatic carbocycles. The number of hydrogen-bond donors (Lipinski definition) is 0. The summed E-state index contributed by atoms with van der Waals surface area (Å²) in [5, 5.41) is 0. The van der Waals surface area contributed by atoms with E-state index in [2.05, 4.69) is 37.3 Å². The Kier molecular flexibility index (Phi) is 4.40. The highest BCUT2D eigenvalue weighted by Gasteiger charge is 2.26. The smallest absolute Gasteiger partial charge is 0.126 e. The highest BCUT2D eigenvalue weighted by molar-refractivity contribution is 5.65. The summed E-state index contributed by atoms with van der Waals surface area (Å²) in [4.78, 5) is 0. The molecule has 1 atom stereocenters. The Morgan fingerprint density at radius 3 is 2.48 bits per heavy atom. The zero-order chi connectivity index (χ0) is 14.5. The third-order valence-electron chi connectivity index (χ3n) is 4.09. The summed E-state index contributed by atoms with van der Waals surface area (Å²) in [7, 11) is 0. The average molecular weight is 278 g/mol. The van der Waals surface area contributed by atoms with Crippen molar-refractivity contribution in [2.24, 2.45) is 0 Å². The summed E-state index contributed by atoms with van der Waals surface area (Å²) in [5.74, 6) is 2.43. The lowest BCUT2D eigenvalue weighted by Gasteiger charge is -2.17. The number of rotatable bonds is 6. The number of para-hydroxylation sites is 1. The molecule has 0 aliphatic heterocycles. The van der Waals surface area contributed by atoms with E-state index in [0.717, 1.165) is 11.5 Å². The Hall–Kier alpha value is -2.02. The molecule has 1 unspecified atom stereocenters. The van der Waals surface area contributed by atoms with Gasteiger partial charge in [-0.05, 0) is 35.8 Å². The van der Waals surface area contributed by atoms with E-state index >= 15 is 0 Å². The van der Waals surface area contributed by atoms with Crippen molar-refractivity contribution in [2.75, 3.05) is 0 Å². The fraction of sp³-hybridized carbons (Fsp3) is 0.300. The minimum absolute atomic E-state index is 0.410. The first kappa shape index (κ1) is 13.9. The molecule has 3 rings (SSSR count). The molecule has 1 heteroatoms. The fourth-order valence-corrected chi connectivity index (χ4v) is 2.99. The van der Waals surface area contributed by atoms with Gasteiger partial charge < -0.3 is 4.74 Å². The third kappa shape index (κ3) is 3.18. The van der Waals surface area contributed by atoms with Crippen molar-refractivity contribution < 1.29 is 4.74 Å². The number of ether oxygens (including phenoxy) is 1. The maximum absolute atomic E-state index is 6.16. The Balaban J connectivity index is 1.81. The first-order chi connectivity index (χ1) is 10.4. The number of allylic oxidation sites excluding steroid dienone is 1. The number of benzene rings is 2. The normalized spacial score (nSPS) is 16.4. The second-order valence-corrected chi connectivity index (χ2v) is 5.64. The largest absolute Gasteiger partial charge is 0.461 e. The minimum atomic E-state index is 0.410. The molecule has 0 radical (unpaired) electrons. The van der Waals surface area contributed by atoms with Gasteiger partial charge in [0.2, 0.25) is 0 Å². The van der Waals surface area contributed by atoms with Gasteiger partial charge in [0.25, 0.3) is 0 Å². The molecule has 1 aliphatic carbocycles. The predicted molar refractivity (Wildman–Crippen MR) is 88.4 cm³/mol. The highest BCUT2D eigenvalue weighted by atomic mass is 16.5. The Labute approximate surface area is 127 Å². The molecule has 1 nitrogen and oxygen atoms in total. The Morgan fingerprint density at radius 2 is 1.67 bits per heavy atom. The summed E-state index contributed by atoms with van der Waals surface area (Å²) in [6, 6.07) is 18.7. The molecule has 0 saturated carbocycles. The molecule has 0 aromatic heterocycles. The van der Waals surface area contributed by atoms with Gasteiger partial charge in [-0.2, -0.15) is 0 Å². The Bertz CT molecular complexity index is 613. The summed E-state index contributed by atoms with van der Waals surface area (Å²) in [5.41, 5.74) is 2.73. The van der Waals surface area contributed by atoms with E-state index in [-0.39, 0.29) is 0 Å². The van der Waals surface area contributed by atoms with Gasteiger partial charge in [0, 0.05) is 5.92 Å². The second-order valence-electron chi connectivity index (χ2n) is 5.64. The van der Waals surface area contributed by atoms with Crippen molar-refractivity contribution in [1.82, 2.24) is 0 Å². The molecule has 0 N–H and O–H groups in total. The molecule has 0 saturated heterocycles. The number of fused-ring (bicyclic) bond motifs is 1. The van der Waals surface area contributed by atoms with Crippen LogP contribution in [0.1, 0.15) is 49.7 Å². The van der Waals surface area contributed by atoms with Crippen LogP contribution < -0.4 is 4.74 Å². The van der Waals surface area contributed by atoms with Crippen molar-refractivity contribution in [3.63, 3.8) is 0 Å². The fourth-order valence-electron chi connectivity index (χ4n) is 2.99. The van der Waals surface area contributed by atoms with Gasteiger partial charge in [-0.15, -0.1) is 0 Å². The van der Waals surface area contributed by atoms with Gasteiger partial charge in [-0.1, -0.05) is 68.7 Å². The van der Waals surface area contributed by atoms with E-state index in [4.69, 9.17) is 4.74 Å². The minimum Gasteiger partial charge on any atom is -0.461 e. The van der Waals surface area contributed by atoms with Crippen LogP contribution in [-0.4, -0.2) is 0 Å². The van der Waals surface area contributed by atoms with Crippen molar-refractivity contribution in [3.8, 4) is 5.75 Å². The van der Waals surface area contributed by atoms with E-state index in [1.165, 1.54) is 36.8 Å². The van der Waals surface area contributed by atoms with Gasteiger partial charge >= 0.3 is 0 Å². The topological polar surface area (TPSA) is 9.23 Å². The van der Waals surface area contributed by atoms with Crippen LogP contribution >= 0.6 is 0 Å². The van der Waals surface area contributed by atoms with E-state index < -0.39 is 0 Å². The molecular formula is C20H22O.